The summed E-state index contributed by atoms with van der Waals surface area (Å²) in [4.78, 5) is 32.5. The maximum Gasteiger partial charge on any atom is 0.291 e. The molecule has 0 atom stereocenters. The number of carbonyl (C=O) groups is 1. The Morgan fingerprint density at radius 3 is 2.60 bits per heavy atom. The predicted octanol–water partition coefficient (Wildman–Crippen LogP) is 2.87. The molecule has 4 aromatic rings. The molecule has 0 N–H and O–H groups in total. The smallest absolute Gasteiger partial charge is 0.291 e. The van der Waals surface area contributed by atoms with E-state index in [1.165, 1.54) is 15.9 Å². The molecule has 0 saturated carbocycles. The van der Waals surface area contributed by atoms with Gasteiger partial charge in [0.25, 0.3) is 11.5 Å². The SMILES string of the molecule is CCOc1ccc(-c2nc3sc(=C4C(=O)N(C)c5ccc(Br)cc54)c(=O)n3n2)cc1. The lowest BCUT2D eigenvalue weighted by Crippen LogP contribution is -2.30. The molecule has 30 heavy (non-hydrogen) atoms. The molecule has 150 valence electrons. The van der Waals surface area contributed by atoms with Gasteiger partial charge >= 0.3 is 0 Å². The van der Waals surface area contributed by atoms with Gasteiger partial charge in [0, 0.05) is 22.6 Å². The van der Waals surface area contributed by atoms with Crippen LogP contribution in [-0.2, 0) is 4.79 Å². The monoisotopic (exact) mass is 482 g/mol. The van der Waals surface area contributed by atoms with Gasteiger partial charge in [-0.15, -0.1) is 5.10 Å². The Morgan fingerprint density at radius 1 is 1.13 bits per heavy atom. The number of halogens is 1. The van der Waals surface area contributed by atoms with E-state index in [-0.39, 0.29) is 11.5 Å². The summed E-state index contributed by atoms with van der Waals surface area (Å²) in [5, 5.41) is 4.38. The van der Waals surface area contributed by atoms with Crippen LogP contribution in [0.3, 0.4) is 0 Å². The number of aromatic nitrogens is 3. The number of rotatable bonds is 3. The molecule has 1 amide bonds. The summed E-state index contributed by atoms with van der Waals surface area (Å²) in [6.45, 7) is 2.51. The molecule has 0 bridgehead atoms. The van der Waals surface area contributed by atoms with E-state index in [1.54, 1.807) is 11.9 Å². The molecule has 1 aliphatic heterocycles. The molecule has 0 saturated heterocycles. The second-order valence-corrected chi connectivity index (χ2v) is 8.62. The van der Waals surface area contributed by atoms with Crippen molar-refractivity contribution in [1.29, 1.82) is 0 Å². The van der Waals surface area contributed by atoms with Crippen LogP contribution in [0.2, 0.25) is 0 Å². The zero-order valence-corrected chi connectivity index (χ0v) is 18.5. The molecule has 0 unspecified atom stereocenters. The highest BCUT2D eigenvalue weighted by atomic mass is 79.9. The van der Waals surface area contributed by atoms with Crippen molar-refractivity contribution < 1.29 is 9.53 Å². The summed E-state index contributed by atoms with van der Waals surface area (Å²) < 4.78 is 7.90. The van der Waals surface area contributed by atoms with Gasteiger partial charge in [0.15, 0.2) is 5.82 Å². The maximum atomic E-state index is 13.1. The summed E-state index contributed by atoms with van der Waals surface area (Å²) in [5.41, 5.74) is 2.33. The number of benzene rings is 2. The Morgan fingerprint density at radius 2 is 1.90 bits per heavy atom. The molecule has 0 radical (unpaired) electrons. The number of hydrogen-bond donors (Lipinski definition) is 0. The van der Waals surface area contributed by atoms with Gasteiger partial charge in [-0.1, -0.05) is 27.3 Å². The van der Waals surface area contributed by atoms with E-state index in [9.17, 15) is 9.59 Å². The van der Waals surface area contributed by atoms with Crippen molar-refractivity contribution in [1.82, 2.24) is 14.6 Å². The normalized spacial score (nSPS) is 15.2. The summed E-state index contributed by atoms with van der Waals surface area (Å²) >= 11 is 4.62. The minimum absolute atomic E-state index is 0.212. The van der Waals surface area contributed by atoms with Gasteiger partial charge in [0.2, 0.25) is 4.96 Å². The highest BCUT2D eigenvalue weighted by Gasteiger charge is 2.32. The fourth-order valence-corrected chi connectivity index (χ4v) is 4.85. The number of likely N-dealkylation sites (N-methyl/N-ethyl adjacent to an activating group) is 1. The number of nitrogens with zero attached hydrogens (tertiary/aromatic N) is 4. The summed E-state index contributed by atoms with van der Waals surface area (Å²) in [6, 6.07) is 13.0. The average Bonchev–Trinajstić information content (AvgIpc) is 3.35. The first-order valence-corrected chi connectivity index (χ1v) is 10.8. The topological polar surface area (TPSA) is 76.8 Å². The lowest BCUT2D eigenvalue weighted by atomic mass is 10.1. The second-order valence-electron chi connectivity index (χ2n) is 6.72. The first-order valence-electron chi connectivity index (χ1n) is 9.23. The van der Waals surface area contributed by atoms with Crippen LogP contribution in [0.1, 0.15) is 12.5 Å². The minimum atomic E-state index is -0.343. The molecular formula is C21H15BrN4O3S. The van der Waals surface area contributed by atoms with Gasteiger partial charge in [0.1, 0.15) is 10.3 Å². The van der Waals surface area contributed by atoms with Crippen molar-refractivity contribution in [3.05, 3.63) is 67.4 Å². The summed E-state index contributed by atoms with van der Waals surface area (Å²) in [6.07, 6.45) is 0. The third-order valence-corrected chi connectivity index (χ3v) is 6.44. The van der Waals surface area contributed by atoms with Crippen LogP contribution in [0.25, 0.3) is 21.9 Å². The van der Waals surface area contributed by atoms with Crippen molar-refractivity contribution >= 4 is 49.4 Å². The Bertz CT molecular complexity index is 1430. The molecule has 0 aliphatic carbocycles. The average molecular weight is 483 g/mol. The molecule has 2 aromatic heterocycles. The number of thiazole rings is 1. The Labute approximate surface area is 183 Å². The zero-order chi connectivity index (χ0) is 21.0. The molecular weight excluding hydrogens is 468 g/mol. The van der Waals surface area contributed by atoms with Crippen LogP contribution in [0, 0.1) is 0 Å². The first-order chi connectivity index (χ1) is 14.5. The van der Waals surface area contributed by atoms with E-state index in [4.69, 9.17) is 4.74 Å². The molecule has 7 nitrogen and oxygen atoms in total. The van der Waals surface area contributed by atoms with Crippen molar-refractivity contribution in [2.45, 2.75) is 6.92 Å². The standard InChI is InChI=1S/C21H15BrN4O3S/c1-3-29-13-7-4-11(5-8-13)18-23-21-26(24-18)20(28)17(30-21)16-14-10-12(22)6-9-15(14)25(2)19(16)27/h4-10H,3H2,1-2H3. The van der Waals surface area contributed by atoms with Crippen LogP contribution in [-0.4, -0.2) is 34.2 Å². The van der Waals surface area contributed by atoms with E-state index in [0.29, 0.717) is 27.5 Å². The van der Waals surface area contributed by atoms with Crippen LogP contribution in [0.15, 0.2) is 51.7 Å². The van der Waals surface area contributed by atoms with Gasteiger partial charge in [-0.3, -0.25) is 9.59 Å². The molecule has 9 heteroatoms. The molecule has 5 rings (SSSR count). The van der Waals surface area contributed by atoms with Crippen LogP contribution in [0.4, 0.5) is 5.69 Å². The van der Waals surface area contributed by atoms with Crippen molar-refractivity contribution in [3.63, 3.8) is 0 Å². The predicted molar refractivity (Wildman–Crippen MR) is 119 cm³/mol. The lowest BCUT2D eigenvalue weighted by Gasteiger charge is -2.08. The number of hydrogen-bond acceptors (Lipinski definition) is 6. The fraction of sp³-hybridized carbons (Fsp3) is 0.143. The number of ether oxygens (including phenoxy) is 1. The van der Waals surface area contributed by atoms with E-state index < -0.39 is 0 Å². The molecule has 3 heterocycles. The van der Waals surface area contributed by atoms with Crippen LogP contribution >= 0.6 is 27.3 Å². The van der Waals surface area contributed by atoms with Crippen molar-refractivity contribution in [2.75, 3.05) is 18.6 Å². The maximum absolute atomic E-state index is 13.1. The number of carbonyl (C=O) groups excluding carboxylic acids is 1. The lowest BCUT2D eigenvalue weighted by molar-refractivity contribution is -0.112. The van der Waals surface area contributed by atoms with E-state index >= 15 is 0 Å². The highest BCUT2D eigenvalue weighted by Crippen LogP contribution is 2.36. The van der Waals surface area contributed by atoms with Gasteiger partial charge < -0.3 is 9.64 Å². The van der Waals surface area contributed by atoms with Gasteiger partial charge in [-0.05, 0) is 49.4 Å². The zero-order valence-electron chi connectivity index (χ0n) is 16.0. The van der Waals surface area contributed by atoms with Crippen LogP contribution in [0.5, 0.6) is 5.75 Å². The van der Waals surface area contributed by atoms with Gasteiger partial charge in [0.05, 0.1) is 17.9 Å². The summed E-state index contributed by atoms with van der Waals surface area (Å²) in [5.74, 6) is 1.01. The molecule has 2 aromatic carbocycles. The highest BCUT2D eigenvalue weighted by molar-refractivity contribution is 9.10. The Balaban J connectivity index is 1.66. The minimum Gasteiger partial charge on any atom is -0.494 e. The second kappa shape index (κ2) is 7.03. The Hall–Kier alpha value is -3.04. The Kier molecular flexibility index (Phi) is 4.44. The summed E-state index contributed by atoms with van der Waals surface area (Å²) in [7, 11) is 1.70. The molecule has 1 aliphatic rings. The van der Waals surface area contributed by atoms with Gasteiger partial charge in [-0.2, -0.15) is 9.50 Å². The van der Waals surface area contributed by atoms with Gasteiger partial charge in [-0.25, -0.2) is 0 Å². The molecule has 0 fully saturated rings. The van der Waals surface area contributed by atoms with Crippen molar-refractivity contribution in [3.8, 4) is 17.1 Å². The fourth-order valence-electron chi connectivity index (χ4n) is 3.49. The molecule has 0 spiro atoms. The van der Waals surface area contributed by atoms with Crippen LogP contribution < -0.4 is 19.7 Å². The van der Waals surface area contributed by atoms with E-state index in [0.717, 1.165) is 27.0 Å². The third kappa shape index (κ3) is 2.85. The first kappa shape index (κ1) is 19.0. The third-order valence-electron chi connectivity index (χ3n) is 4.92. The number of amides is 1. The number of anilines is 1. The largest absolute Gasteiger partial charge is 0.494 e. The van der Waals surface area contributed by atoms with E-state index in [2.05, 4.69) is 26.0 Å². The van der Waals surface area contributed by atoms with Crippen molar-refractivity contribution in [2.24, 2.45) is 0 Å². The quantitative estimate of drug-likeness (QED) is 0.448. The van der Waals surface area contributed by atoms with E-state index in [1.807, 2.05) is 49.4 Å². The number of fused-ring (bicyclic) bond motifs is 2.